The summed E-state index contributed by atoms with van der Waals surface area (Å²) in [5, 5.41) is 7.72. The van der Waals surface area contributed by atoms with Crippen LogP contribution >= 0.6 is 27.3 Å². The minimum Gasteiger partial charge on any atom is -0.398 e. The quantitative estimate of drug-likeness (QED) is 0.836. The average molecular weight is 311 g/mol. The van der Waals surface area contributed by atoms with Crippen LogP contribution in [0.3, 0.4) is 0 Å². The Morgan fingerprint density at radius 2 is 2.24 bits per heavy atom. The first-order valence-electron chi connectivity index (χ1n) is 5.47. The Kier molecular flexibility index (Phi) is 4.07. The van der Waals surface area contributed by atoms with Crippen LogP contribution < -0.4 is 11.1 Å². The summed E-state index contributed by atoms with van der Waals surface area (Å²) in [6.07, 6.45) is 1.04. The molecule has 4 heteroatoms. The highest BCUT2D eigenvalue weighted by atomic mass is 79.9. The molecule has 17 heavy (non-hydrogen) atoms. The van der Waals surface area contributed by atoms with E-state index in [9.17, 15) is 0 Å². The van der Waals surface area contributed by atoms with Gasteiger partial charge < -0.3 is 11.1 Å². The molecule has 0 saturated heterocycles. The van der Waals surface area contributed by atoms with Crippen LogP contribution in [-0.2, 0) is 6.42 Å². The Morgan fingerprint density at radius 3 is 2.94 bits per heavy atom. The summed E-state index contributed by atoms with van der Waals surface area (Å²) in [4.78, 5) is 0. The molecule has 1 aromatic heterocycles. The van der Waals surface area contributed by atoms with Crippen molar-refractivity contribution in [3.63, 3.8) is 0 Å². The van der Waals surface area contributed by atoms with Crippen LogP contribution in [0.25, 0.3) is 0 Å². The fourth-order valence-electron chi connectivity index (χ4n) is 1.61. The molecule has 2 nitrogen and oxygen atoms in total. The van der Waals surface area contributed by atoms with Crippen molar-refractivity contribution in [2.75, 3.05) is 17.6 Å². The van der Waals surface area contributed by atoms with E-state index in [4.69, 9.17) is 5.73 Å². The van der Waals surface area contributed by atoms with Crippen LogP contribution in [-0.4, -0.2) is 6.54 Å². The van der Waals surface area contributed by atoms with Crippen LogP contribution in [0.2, 0.25) is 0 Å². The number of halogens is 1. The molecular formula is C13H15BrN2S. The number of nitrogens with one attached hydrogen (secondary N) is 1. The van der Waals surface area contributed by atoms with Crippen molar-refractivity contribution in [2.24, 2.45) is 0 Å². The second kappa shape index (κ2) is 5.56. The standard InChI is InChI=1S/C13H15BrN2S/c1-9-6-13(11(14)7-12(9)15)16-4-2-10-3-5-17-8-10/h3,5-8,16H,2,4,15H2,1H3. The summed E-state index contributed by atoms with van der Waals surface area (Å²) >= 11 is 5.26. The molecule has 3 N–H and O–H groups in total. The number of anilines is 2. The SMILES string of the molecule is Cc1cc(NCCc2ccsc2)c(Br)cc1N. The topological polar surface area (TPSA) is 38.0 Å². The number of aryl methyl sites for hydroxylation is 1. The van der Waals surface area contributed by atoms with Crippen LogP contribution in [0.1, 0.15) is 11.1 Å². The molecule has 0 bridgehead atoms. The molecular weight excluding hydrogens is 296 g/mol. The van der Waals surface area contributed by atoms with Gasteiger partial charge >= 0.3 is 0 Å². The molecule has 90 valence electrons. The van der Waals surface area contributed by atoms with Crippen LogP contribution in [0.4, 0.5) is 11.4 Å². The first-order chi connectivity index (χ1) is 8.16. The minimum atomic E-state index is 0.820. The number of nitrogens with two attached hydrogens (primary N) is 1. The summed E-state index contributed by atoms with van der Waals surface area (Å²) in [7, 11) is 0. The fraction of sp³-hybridized carbons (Fsp3) is 0.231. The maximum Gasteiger partial charge on any atom is 0.0488 e. The largest absolute Gasteiger partial charge is 0.398 e. The summed E-state index contributed by atoms with van der Waals surface area (Å²) in [5.74, 6) is 0. The van der Waals surface area contributed by atoms with Crippen LogP contribution in [0.5, 0.6) is 0 Å². The van der Waals surface area contributed by atoms with Gasteiger partial charge in [-0.1, -0.05) is 0 Å². The van der Waals surface area contributed by atoms with Crippen molar-refractivity contribution in [2.45, 2.75) is 13.3 Å². The maximum atomic E-state index is 5.84. The molecule has 0 fully saturated rings. The highest BCUT2D eigenvalue weighted by molar-refractivity contribution is 9.10. The first-order valence-corrected chi connectivity index (χ1v) is 7.21. The molecule has 1 aromatic carbocycles. The van der Waals surface area contributed by atoms with Crippen molar-refractivity contribution in [1.82, 2.24) is 0 Å². The Labute approximate surface area is 114 Å². The predicted octanol–water partition coefficient (Wildman–Crippen LogP) is 4.06. The smallest absolute Gasteiger partial charge is 0.0488 e. The molecule has 0 radical (unpaired) electrons. The van der Waals surface area contributed by atoms with Crippen molar-refractivity contribution >= 4 is 38.6 Å². The van der Waals surface area contributed by atoms with Crippen molar-refractivity contribution in [3.05, 3.63) is 44.6 Å². The molecule has 0 unspecified atom stereocenters. The Bertz CT molecular complexity index is 494. The van der Waals surface area contributed by atoms with E-state index in [0.717, 1.165) is 34.4 Å². The number of benzene rings is 1. The van der Waals surface area contributed by atoms with E-state index in [-0.39, 0.29) is 0 Å². The third-order valence-corrected chi connectivity index (χ3v) is 4.05. The van der Waals surface area contributed by atoms with E-state index >= 15 is 0 Å². The Hall–Kier alpha value is -1.00. The lowest BCUT2D eigenvalue weighted by Gasteiger charge is -2.10. The van der Waals surface area contributed by atoms with E-state index < -0.39 is 0 Å². The molecule has 0 aliphatic rings. The maximum absolute atomic E-state index is 5.84. The molecule has 0 saturated carbocycles. The normalized spacial score (nSPS) is 10.5. The zero-order valence-electron chi connectivity index (χ0n) is 9.66. The zero-order chi connectivity index (χ0) is 12.3. The summed E-state index contributed by atoms with van der Waals surface area (Å²) in [6.45, 7) is 2.95. The zero-order valence-corrected chi connectivity index (χ0v) is 12.1. The number of rotatable bonds is 4. The van der Waals surface area contributed by atoms with E-state index in [2.05, 4.69) is 44.1 Å². The third-order valence-electron chi connectivity index (χ3n) is 2.66. The summed E-state index contributed by atoms with van der Waals surface area (Å²) in [6, 6.07) is 6.19. The number of thiophene rings is 1. The van der Waals surface area contributed by atoms with Gasteiger partial charge in [-0.15, -0.1) is 0 Å². The second-order valence-electron chi connectivity index (χ2n) is 4.00. The number of hydrogen-bond donors (Lipinski definition) is 2. The highest BCUT2D eigenvalue weighted by Crippen LogP contribution is 2.27. The fourth-order valence-corrected chi connectivity index (χ4v) is 2.81. The van der Waals surface area contributed by atoms with Gasteiger partial charge in [-0.3, -0.25) is 0 Å². The highest BCUT2D eigenvalue weighted by Gasteiger charge is 2.03. The van der Waals surface area contributed by atoms with Gasteiger partial charge in [0.1, 0.15) is 0 Å². The van der Waals surface area contributed by atoms with Gasteiger partial charge in [0.2, 0.25) is 0 Å². The van der Waals surface area contributed by atoms with Crippen LogP contribution in [0, 0.1) is 6.92 Å². The second-order valence-corrected chi connectivity index (χ2v) is 5.63. The number of hydrogen-bond acceptors (Lipinski definition) is 3. The molecule has 0 amide bonds. The summed E-state index contributed by atoms with van der Waals surface area (Å²) < 4.78 is 1.02. The molecule has 0 aliphatic carbocycles. The Balaban J connectivity index is 1.97. The molecule has 2 aromatic rings. The lowest BCUT2D eigenvalue weighted by molar-refractivity contribution is 1.02. The van der Waals surface area contributed by atoms with Gasteiger partial charge in [0, 0.05) is 22.4 Å². The van der Waals surface area contributed by atoms with Gasteiger partial charge in [-0.05, 0) is 69.4 Å². The minimum absolute atomic E-state index is 0.820. The molecule has 0 spiro atoms. The molecule has 1 heterocycles. The third kappa shape index (κ3) is 3.23. The van der Waals surface area contributed by atoms with Crippen molar-refractivity contribution in [3.8, 4) is 0 Å². The van der Waals surface area contributed by atoms with E-state index in [1.54, 1.807) is 11.3 Å². The van der Waals surface area contributed by atoms with Gasteiger partial charge in [0.25, 0.3) is 0 Å². The van der Waals surface area contributed by atoms with Gasteiger partial charge in [0.05, 0.1) is 0 Å². The van der Waals surface area contributed by atoms with E-state index in [1.807, 2.05) is 13.0 Å². The van der Waals surface area contributed by atoms with Crippen molar-refractivity contribution < 1.29 is 0 Å². The Morgan fingerprint density at radius 1 is 1.41 bits per heavy atom. The monoisotopic (exact) mass is 310 g/mol. The molecule has 2 rings (SSSR count). The lowest BCUT2D eigenvalue weighted by Crippen LogP contribution is -2.05. The average Bonchev–Trinajstić information content (AvgIpc) is 2.78. The van der Waals surface area contributed by atoms with E-state index in [1.165, 1.54) is 5.56 Å². The van der Waals surface area contributed by atoms with Gasteiger partial charge in [0.15, 0.2) is 0 Å². The lowest BCUT2D eigenvalue weighted by atomic mass is 10.2. The van der Waals surface area contributed by atoms with Crippen LogP contribution in [0.15, 0.2) is 33.4 Å². The molecule has 0 atom stereocenters. The first kappa shape index (κ1) is 12.5. The van der Waals surface area contributed by atoms with E-state index in [0.29, 0.717) is 0 Å². The van der Waals surface area contributed by atoms with Crippen molar-refractivity contribution in [1.29, 1.82) is 0 Å². The summed E-state index contributed by atoms with van der Waals surface area (Å²) in [5.41, 5.74) is 10.2. The predicted molar refractivity (Wildman–Crippen MR) is 79.8 cm³/mol. The molecule has 0 aliphatic heterocycles. The van der Waals surface area contributed by atoms with Gasteiger partial charge in [-0.25, -0.2) is 0 Å². The number of nitrogen functional groups attached to an aromatic ring is 1. The van der Waals surface area contributed by atoms with Gasteiger partial charge in [-0.2, -0.15) is 11.3 Å².